The summed E-state index contributed by atoms with van der Waals surface area (Å²) in [5.74, 6) is 0.370. The van der Waals surface area contributed by atoms with Crippen LogP contribution in [0.25, 0.3) is 0 Å². The molecule has 1 fully saturated rings. The summed E-state index contributed by atoms with van der Waals surface area (Å²) in [6.07, 6.45) is 2.57. The number of anilines is 1. The third kappa shape index (κ3) is 3.27. The van der Waals surface area contributed by atoms with Gasteiger partial charge in [0.05, 0.1) is 17.2 Å². The number of rotatable bonds is 5. The second-order valence-corrected chi connectivity index (χ2v) is 6.84. The fourth-order valence-electron chi connectivity index (χ4n) is 2.68. The Morgan fingerprint density at radius 2 is 2.26 bits per heavy atom. The van der Waals surface area contributed by atoms with Gasteiger partial charge >= 0.3 is 0 Å². The number of aliphatic hydroxyl groups excluding tert-OH is 1. The summed E-state index contributed by atoms with van der Waals surface area (Å²) >= 11 is 1.63. The van der Waals surface area contributed by atoms with Crippen LogP contribution in [0.3, 0.4) is 0 Å². The maximum absolute atomic E-state index is 9.43. The van der Waals surface area contributed by atoms with E-state index in [0.717, 1.165) is 22.2 Å². The van der Waals surface area contributed by atoms with Gasteiger partial charge in [-0.25, -0.2) is 4.98 Å². The third-order valence-electron chi connectivity index (χ3n) is 3.89. The Hall–Kier alpha value is -0.650. The van der Waals surface area contributed by atoms with Gasteiger partial charge in [-0.05, 0) is 32.4 Å². The minimum absolute atomic E-state index is 0.0996. The van der Waals surface area contributed by atoms with E-state index in [-0.39, 0.29) is 6.61 Å². The highest BCUT2D eigenvalue weighted by Crippen LogP contribution is 2.31. The van der Waals surface area contributed by atoms with Gasteiger partial charge in [0.25, 0.3) is 0 Å². The first-order chi connectivity index (χ1) is 9.02. The Bertz CT molecular complexity index is 419. The van der Waals surface area contributed by atoms with Crippen LogP contribution in [0.2, 0.25) is 0 Å². The average molecular weight is 283 g/mol. The van der Waals surface area contributed by atoms with Crippen LogP contribution in [0.1, 0.15) is 43.2 Å². The van der Waals surface area contributed by atoms with E-state index in [1.807, 2.05) is 0 Å². The fraction of sp³-hybridized carbons (Fsp3) is 0.786. The van der Waals surface area contributed by atoms with E-state index in [1.165, 1.54) is 19.4 Å². The highest BCUT2D eigenvalue weighted by Gasteiger charge is 2.24. The second kappa shape index (κ2) is 6.20. The molecule has 0 radical (unpaired) electrons. The maximum Gasteiger partial charge on any atom is 0.185 e. The molecule has 108 valence electrons. The predicted octanol–water partition coefficient (Wildman–Crippen LogP) is 2.29. The van der Waals surface area contributed by atoms with Gasteiger partial charge in [0, 0.05) is 19.6 Å². The summed E-state index contributed by atoms with van der Waals surface area (Å²) in [5, 5.41) is 10.5. The monoisotopic (exact) mass is 283 g/mol. The maximum atomic E-state index is 9.43. The molecule has 4 nitrogen and oxygen atoms in total. The lowest BCUT2D eigenvalue weighted by atomic mass is 10.1. The zero-order valence-electron chi connectivity index (χ0n) is 12.4. The molecule has 1 aliphatic rings. The molecular formula is C14H25N3OS. The molecule has 0 aliphatic carbocycles. The number of likely N-dealkylation sites (tertiary alicyclic amines) is 1. The molecular weight excluding hydrogens is 258 g/mol. The number of aromatic nitrogens is 1. The summed E-state index contributed by atoms with van der Waals surface area (Å²) < 4.78 is 0. The van der Waals surface area contributed by atoms with Crippen LogP contribution in [-0.4, -0.2) is 48.2 Å². The average Bonchev–Trinajstić information content (AvgIpc) is 2.96. The highest BCUT2D eigenvalue weighted by molar-refractivity contribution is 7.15. The number of likely N-dealkylation sites (N-methyl/N-ethyl adjacent to an activating group) is 2. The lowest BCUT2D eigenvalue weighted by molar-refractivity contribution is 0.283. The quantitative estimate of drug-likeness (QED) is 0.900. The molecule has 1 saturated heterocycles. The Balaban J connectivity index is 2.08. The molecule has 1 aromatic rings. The van der Waals surface area contributed by atoms with Crippen LogP contribution in [0.5, 0.6) is 0 Å². The van der Waals surface area contributed by atoms with Crippen molar-refractivity contribution in [2.24, 2.45) is 0 Å². The van der Waals surface area contributed by atoms with Gasteiger partial charge in [0.15, 0.2) is 5.13 Å². The Morgan fingerprint density at radius 1 is 1.53 bits per heavy atom. The number of nitrogens with zero attached hydrogens (tertiary/aromatic N) is 3. The molecule has 0 spiro atoms. The number of hydrogen-bond donors (Lipinski definition) is 1. The van der Waals surface area contributed by atoms with Crippen molar-refractivity contribution in [2.45, 2.75) is 45.3 Å². The molecule has 2 rings (SSSR count). The molecule has 1 unspecified atom stereocenters. The van der Waals surface area contributed by atoms with E-state index >= 15 is 0 Å². The summed E-state index contributed by atoms with van der Waals surface area (Å²) in [7, 11) is 4.31. The molecule has 2 heterocycles. The van der Waals surface area contributed by atoms with Crippen LogP contribution >= 0.6 is 11.3 Å². The van der Waals surface area contributed by atoms with Crippen molar-refractivity contribution in [2.75, 3.05) is 32.1 Å². The van der Waals surface area contributed by atoms with E-state index in [1.54, 1.807) is 11.3 Å². The molecule has 0 saturated carbocycles. The van der Waals surface area contributed by atoms with Crippen LogP contribution in [0.4, 0.5) is 5.13 Å². The van der Waals surface area contributed by atoms with Gasteiger partial charge in [-0.3, -0.25) is 0 Å². The third-order valence-corrected chi connectivity index (χ3v) is 5.06. The largest absolute Gasteiger partial charge is 0.391 e. The first-order valence-corrected chi connectivity index (χ1v) is 7.86. The van der Waals surface area contributed by atoms with E-state index in [2.05, 4.69) is 37.7 Å². The normalized spacial score (nSPS) is 20.4. The SMILES string of the molecule is CC(C)c1nc(N(C)CC2CCCN2C)sc1CO. The first-order valence-electron chi connectivity index (χ1n) is 7.04. The van der Waals surface area contributed by atoms with Gasteiger partial charge in [-0.15, -0.1) is 0 Å². The summed E-state index contributed by atoms with van der Waals surface area (Å²) in [6.45, 7) is 6.58. The van der Waals surface area contributed by atoms with E-state index < -0.39 is 0 Å². The van der Waals surface area contributed by atoms with E-state index in [4.69, 9.17) is 4.98 Å². The molecule has 19 heavy (non-hydrogen) atoms. The van der Waals surface area contributed by atoms with Gasteiger partial charge in [-0.1, -0.05) is 25.2 Å². The Labute approximate surface area is 120 Å². The zero-order valence-corrected chi connectivity index (χ0v) is 13.2. The van der Waals surface area contributed by atoms with Crippen LogP contribution in [0, 0.1) is 0 Å². The smallest absolute Gasteiger partial charge is 0.185 e. The number of thiazole rings is 1. The molecule has 0 aromatic carbocycles. The minimum atomic E-state index is 0.0996. The summed E-state index contributed by atoms with van der Waals surface area (Å²) in [4.78, 5) is 10.4. The second-order valence-electron chi connectivity index (χ2n) is 5.77. The number of hydrogen-bond acceptors (Lipinski definition) is 5. The van der Waals surface area contributed by atoms with Crippen molar-refractivity contribution in [3.63, 3.8) is 0 Å². The van der Waals surface area contributed by atoms with Gasteiger partial charge in [0.2, 0.25) is 0 Å². The van der Waals surface area contributed by atoms with Crippen molar-refractivity contribution in [1.29, 1.82) is 0 Å². The lowest BCUT2D eigenvalue weighted by Crippen LogP contribution is -2.36. The molecule has 5 heteroatoms. The molecule has 1 aliphatic heterocycles. The summed E-state index contributed by atoms with van der Waals surface area (Å²) in [6, 6.07) is 0.633. The molecule has 0 bridgehead atoms. The van der Waals surface area contributed by atoms with Crippen molar-refractivity contribution in [3.8, 4) is 0 Å². The highest BCUT2D eigenvalue weighted by atomic mass is 32.1. The molecule has 1 aromatic heterocycles. The molecule has 1 atom stereocenters. The summed E-state index contributed by atoms with van der Waals surface area (Å²) in [5.41, 5.74) is 1.05. The number of aliphatic hydroxyl groups is 1. The zero-order chi connectivity index (χ0) is 14.0. The van der Waals surface area contributed by atoms with Crippen LogP contribution in [-0.2, 0) is 6.61 Å². The Kier molecular flexibility index (Phi) is 4.81. The lowest BCUT2D eigenvalue weighted by Gasteiger charge is -2.25. The minimum Gasteiger partial charge on any atom is -0.391 e. The fourth-order valence-corrected chi connectivity index (χ4v) is 3.73. The predicted molar refractivity (Wildman–Crippen MR) is 81.0 cm³/mol. The van der Waals surface area contributed by atoms with Crippen molar-refractivity contribution < 1.29 is 5.11 Å². The van der Waals surface area contributed by atoms with E-state index in [0.29, 0.717) is 12.0 Å². The van der Waals surface area contributed by atoms with Crippen molar-refractivity contribution in [1.82, 2.24) is 9.88 Å². The Morgan fingerprint density at radius 3 is 2.74 bits per heavy atom. The van der Waals surface area contributed by atoms with Crippen molar-refractivity contribution in [3.05, 3.63) is 10.6 Å². The first kappa shape index (κ1) is 14.8. The molecule has 1 N–H and O–H groups in total. The molecule has 0 amide bonds. The topological polar surface area (TPSA) is 39.6 Å². The van der Waals surface area contributed by atoms with Crippen LogP contribution < -0.4 is 4.90 Å². The van der Waals surface area contributed by atoms with Crippen LogP contribution in [0.15, 0.2) is 0 Å². The van der Waals surface area contributed by atoms with E-state index in [9.17, 15) is 5.11 Å². The van der Waals surface area contributed by atoms with Crippen molar-refractivity contribution >= 4 is 16.5 Å². The van der Waals surface area contributed by atoms with Gasteiger partial charge < -0.3 is 14.9 Å². The van der Waals surface area contributed by atoms with Gasteiger partial charge in [-0.2, -0.15) is 0 Å². The van der Waals surface area contributed by atoms with Gasteiger partial charge in [0.1, 0.15) is 0 Å². The standard InChI is InChI=1S/C14H25N3OS/c1-10(2)13-12(9-18)19-14(15-13)17(4)8-11-6-5-7-16(11)3/h10-11,18H,5-9H2,1-4H3.